The zero-order valence-electron chi connectivity index (χ0n) is 11.4. The molecule has 18 heavy (non-hydrogen) atoms. The highest BCUT2D eigenvalue weighted by Crippen LogP contribution is 2.47. The summed E-state index contributed by atoms with van der Waals surface area (Å²) in [5.74, 6) is 0.119. The Morgan fingerprint density at radius 1 is 1.22 bits per heavy atom. The second-order valence-electron chi connectivity index (χ2n) is 6.27. The maximum Gasteiger partial charge on any atom is 0.0846 e. The van der Waals surface area contributed by atoms with E-state index in [1.165, 1.54) is 0 Å². The van der Waals surface area contributed by atoms with Gasteiger partial charge in [0.1, 0.15) is 0 Å². The first kappa shape index (κ1) is 14.0. The van der Waals surface area contributed by atoms with Crippen molar-refractivity contribution in [2.45, 2.75) is 51.4 Å². The molecule has 1 heterocycles. The van der Waals surface area contributed by atoms with Crippen molar-refractivity contribution < 1.29 is 9.84 Å². The first-order valence-electron chi connectivity index (χ1n) is 6.35. The first-order valence-corrected chi connectivity index (χ1v) is 7.14. The van der Waals surface area contributed by atoms with Crippen LogP contribution >= 0.6 is 15.9 Å². The van der Waals surface area contributed by atoms with Crippen molar-refractivity contribution in [1.82, 2.24) is 0 Å². The Kier molecular flexibility index (Phi) is 3.60. The molecule has 1 saturated heterocycles. The second kappa shape index (κ2) is 4.62. The van der Waals surface area contributed by atoms with Crippen LogP contribution in [0.1, 0.15) is 45.8 Å². The van der Waals surface area contributed by atoms with Gasteiger partial charge in [-0.1, -0.05) is 28.1 Å². The van der Waals surface area contributed by atoms with Gasteiger partial charge in [0, 0.05) is 10.4 Å². The van der Waals surface area contributed by atoms with E-state index in [1.807, 2.05) is 24.3 Å². The van der Waals surface area contributed by atoms with Crippen molar-refractivity contribution in [2.24, 2.45) is 5.92 Å². The van der Waals surface area contributed by atoms with E-state index in [-0.39, 0.29) is 17.1 Å². The fourth-order valence-corrected chi connectivity index (χ4v) is 3.25. The van der Waals surface area contributed by atoms with Crippen molar-refractivity contribution in [3.63, 3.8) is 0 Å². The van der Waals surface area contributed by atoms with Crippen LogP contribution in [0.25, 0.3) is 0 Å². The van der Waals surface area contributed by atoms with Gasteiger partial charge in [-0.2, -0.15) is 0 Å². The minimum atomic E-state index is -0.477. The van der Waals surface area contributed by atoms with Crippen LogP contribution < -0.4 is 0 Å². The standard InChI is InChI=1S/C15H21BrO2/c1-14(2)9-12(15(3,4)18-14)13(17)10-5-7-11(16)8-6-10/h5-8,12-13,17H,9H2,1-4H3. The molecule has 3 heteroatoms. The molecule has 1 fully saturated rings. The highest BCUT2D eigenvalue weighted by atomic mass is 79.9. The van der Waals surface area contributed by atoms with E-state index < -0.39 is 6.10 Å². The van der Waals surface area contributed by atoms with Crippen molar-refractivity contribution >= 4 is 15.9 Å². The molecule has 100 valence electrons. The molecule has 0 bridgehead atoms. The number of ether oxygens (including phenoxy) is 1. The first-order chi connectivity index (χ1) is 8.21. The fourth-order valence-electron chi connectivity index (χ4n) is 2.99. The summed E-state index contributed by atoms with van der Waals surface area (Å²) >= 11 is 3.41. The van der Waals surface area contributed by atoms with E-state index in [1.54, 1.807) is 0 Å². The van der Waals surface area contributed by atoms with Gasteiger partial charge in [-0.3, -0.25) is 0 Å². The summed E-state index contributed by atoms with van der Waals surface area (Å²) in [6.45, 7) is 8.30. The van der Waals surface area contributed by atoms with Gasteiger partial charge in [-0.15, -0.1) is 0 Å². The molecule has 1 aromatic rings. The van der Waals surface area contributed by atoms with Gasteiger partial charge in [-0.25, -0.2) is 0 Å². The van der Waals surface area contributed by atoms with E-state index in [4.69, 9.17) is 4.74 Å². The van der Waals surface area contributed by atoms with Crippen LogP contribution in [0.2, 0.25) is 0 Å². The number of hydrogen-bond acceptors (Lipinski definition) is 2. The number of hydrogen-bond donors (Lipinski definition) is 1. The van der Waals surface area contributed by atoms with E-state index in [2.05, 4.69) is 43.6 Å². The van der Waals surface area contributed by atoms with Crippen LogP contribution in [0.3, 0.4) is 0 Å². The molecule has 2 rings (SSSR count). The van der Waals surface area contributed by atoms with Gasteiger partial charge in [0.15, 0.2) is 0 Å². The molecule has 0 saturated carbocycles. The third-order valence-corrected chi connectivity index (χ3v) is 4.27. The average Bonchev–Trinajstić information content (AvgIpc) is 2.47. The summed E-state index contributed by atoms with van der Waals surface area (Å²) in [6.07, 6.45) is 0.395. The SMILES string of the molecule is CC1(C)CC(C(O)c2ccc(Br)cc2)C(C)(C)O1. The lowest BCUT2D eigenvalue weighted by molar-refractivity contribution is -0.0880. The molecule has 2 atom stereocenters. The average molecular weight is 313 g/mol. The lowest BCUT2D eigenvalue weighted by Crippen LogP contribution is -2.32. The lowest BCUT2D eigenvalue weighted by atomic mass is 9.80. The molecule has 0 spiro atoms. The van der Waals surface area contributed by atoms with Crippen LogP contribution in [0, 0.1) is 5.92 Å². The highest BCUT2D eigenvalue weighted by Gasteiger charge is 2.49. The molecule has 0 amide bonds. The van der Waals surface area contributed by atoms with Crippen molar-refractivity contribution in [1.29, 1.82) is 0 Å². The van der Waals surface area contributed by atoms with Crippen molar-refractivity contribution in [3.05, 3.63) is 34.3 Å². The summed E-state index contributed by atoms with van der Waals surface area (Å²) in [7, 11) is 0. The highest BCUT2D eigenvalue weighted by molar-refractivity contribution is 9.10. The Hall–Kier alpha value is -0.380. The summed E-state index contributed by atoms with van der Waals surface area (Å²) in [6, 6.07) is 7.87. The van der Waals surface area contributed by atoms with Gasteiger partial charge in [0.05, 0.1) is 17.3 Å². The molecule has 1 aliphatic rings. The van der Waals surface area contributed by atoms with E-state index >= 15 is 0 Å². The summed E-state index contributed by atoms with van der Waals surface area (Å²) < 4.78 is 7.07. The molecule has 0 aromatic heterocycles. The fraction of sp³-hybridized carbons (Fsp3) is 0.600. The monoisotopic (exact) mass is 312 g/mol. The molecular weight excluding hydrogens is 292 g/mol. The van der Waals surface area contributed by atoms with E-state index in [0.717, 1.165) is 16.5 Å². The van der Waals surface area contributed by atoms with Gasteiger partial charge in [0.2, 0.25) is 0 Å². The predicted octanol–water partition coefficient (Wildman–Crippen LogP) is 4.08. The molecule has 1 N–H and O–H groups in total. The third-order valence-electron chi connectivity index (χ3n) is 3.74. The molecule has 2 unspecified atom stereocenters. The Morgan fingerprint density at radius 3 is 2.22 bits per heavy atom. The summed E-state index contributed by atoms with van der Waals surface area (Å²) in [5.41, 5.74) is 0.498. The number of rotatable bonds is 2. The summed E-state index contributed by atoms with van der Waals surface area (Å²) in [5, 5.41) is 10.6. The number of benzene rings is 1. The largest absolute Gasteiger partial charge is 0.388 e. The van der Waals surface area contributed by atoms with Crippen LogP contribution in [0.4, 0.5) is 0 Å². The minimum Gasteiger partial charge on any atom is -0.388 e. The van der Waals surface area contributed by atoms with Crippen molar-refractivity contribution in [3.8, 4) is 0 Å². The number of halogens is 1. The molecule has 0 radical (unpaired) electrons. The topological polar surface area (TPSA) is 29.5 Å². The predicted molar refractivity (Wildman–Crippen MR) is 76.5 cm³/mol. The van der Waals surface area contributed by atoms with Crippen LogP contribution in [0.5, 0.6) is 0 Å². The molecule has 0 aliphatic carbocycles. The quantitative estimate of drug-likeness (QED) is 0.891. The maximum atomic E-state index is 10.6. The lowest BCUT2D eigenvalue weighted by Gasteiger charge is -2.30. The normalized spacial score (nSPS) is 27.1. The Morgan fingerprint density at radius 2 is 1.78 bits per heavy atom. The van der Waals surface area contributed by atoms with E-state index in [0.29, 0.717) is 0 Å². The molecular formula is C15H21BrO2. The van der Waals surface area contributed by atoms with Crippen LogP contribution in [-0.4, -0.2) is 16.3 Å². The minimum absolute atomic E-state index is 0.119. The Balaban J connectivity index is 2.23. The van der Waals surface area contributed by atoms with Crippen LogP contribution in [-0.2, 0) is 4.74 Å². The second-order valence-corrected chi connectivity index (χ2v) is 7.19. The van der Waals surface area contributed by atoms with Gasteiger partial charge in [-0.05, 0) is 51.8 Å². The zero-order valence-corrected chi connectivity index (χ0v) is 13.0. The smallest absolute Gasteiger partial charge is 0.0846 e. The summed E-state index contributed by atoms with van der Waals surface area (Å²) in [4.78, 5) is 0. The third kappa shape index (κ3) is 2.79. The molecule has 1 aliphatic heterocycles. The molecule has 2 nitrogen and oxygen atoms in total. The Bertz CT molecular complexity index is 423. The van der Waals surface area contributed by atoms with Crippen molar-refractivity contribution in [2.75, 3.05) is 0 Å². The van der Waals surface area contributed by atoms with Crippen LogP contribution in [0.15, 0.2) is 28.7 Å². The van der Waals surface area contributed by atoms with Gasteiger partial charge < -0.3 is 9.84 Å². The molecule has 1 aromatic carbocycles. The Labute approximate surface area is 117 Å². The maximum absolute atomic E-state index is 10.6. The van der Waals surface area contributed by atoms with E-state index in [9.17, 15) is 5.11 Å². The van der Waals surface area contributed by atoms with Gasteiger partial charge >= 0.3 is 0 Å². The number of aliphatic hydroxyl groups excluding tert-OH is 1. The van der Waals surface area contributed by atoms with Gasteiger partial charge in [0.25, 0.3) is 0 Å². The number of aliphatic hydroxyl groups is 1. The zero-order chi connectivity index (χ0) is 13.6.